The van der Waals surface area contributed by atoms with Gasteiger partial charge in [-0.05, 0) is 42.3 Å². The number of aromatic nitrogens is 2. The Hall–Kier alpha value is -2.95. The molecule has 116 valence electrons. The van der Waals surface area contributed by atoms with Crippen molar-refractivity contribution < 1.29 is 4.39 Å². The van der Waals surface area contributed by atoms with Crippen molar-refractivity contribution in [3.63, 3.8) is 0 Å². The molecule has 2 N–H and O–H groups in total. The van der Waals surface area contributed by atoms with Crippen molar-refractivity contribution >= 4 is 17.5 Å². The molecule has 23 heavy (non-hydrogen) atoms. The molecule has 2 aromatic carbocycles. The quantitative estimate of drug-likeness (QED) is 0.722. The Kier molecular flexibility index (Phi) is 4.79. The number of halogens is 1. The van der Waals surface area contributed by atoms with Gasteiger partial charge < -0.3 is 10.6 Å². The van der Waals surface area contributed by atoms with Crippen molar-refractivity contribution in [2.24, 2.45) is 0 Å². The van der Waals surface area contributed by atoms with Gasteiger partial charge in [0, 0.05) is 18.4 Å². The Morgan fingerprint density at radius 2 is 1.70 bits per heavy atom. The SMILES string of the molecule is Fc1ccc(CCNc2ccnc(Nc3ccccc3)n2)cc1. The summed E-state index contributed by atoms with van der Waals surface area (Å²) >= 11 is 0. The van der Waals surface area contributed by atoms with Crippen LogP contribution in [0.15, 0.2) is 66.9 Å². The zero-order chi connectivity index (χ0) is 15.9. The van der Waals surface area contributed by atoms with Gasteiger partial charge in [-0.25, -0.2) is 9.37 Å². The van der Waals surface area contributed by atoms with Crippen LogP contribution >= 0.6 is 0 Å². The molecular formula is C18H17FN4. The molecule has 0 atom stereocenters. The molecule has 0 aliphatic heterocycles. The lowest BCUT2D eigenvalue weighted by Crippen LogP contribution is -2.07. The molecule has 0 amide bonds. The van der Waals surface area contributed by atoms with E-state index in [2.05, 4.69) is 20.6 Å². The van der Waals surface area contributed by atoms with E-state index in [9.17, 15) is 4.39 Å². The summed E-state index contributed by atoms with van der Waals surface area (Å²) in [4.78, 5) is 8.63. The predicted octanol–water partition coefficient (Wildman–Crippen LogP) is 4.01. The number of hydrogen-bond donors (Lipinski definition) is 2. The molecule has 5 heteroatoms. The Labute approximate surface area is 134 Å². The van der Waals surface area contributed by atoms with Gasteiger partial charge in [-0.2, -0.15) is 4.98 Å². The average Bonchev–Trinajstić information content (AvgIpc) is 2.58. The van der Waals surface area contributed by atoms with Crippen molar-refractivity contribution in [1.29, 1.82) is 0 Å². The summed E-state index contributed by atoms with van der Waals surface area (Å²) in [6, 6.07) is 18.1. The molecule has 0 fully saturated rings. The van der Waals surface area contributed by atoms with Crippen LogP contribution in [-0.2, 0) is 6.42 Å². The maximum atomic E-state index is 12.9. The van der Waals surface area contributed by atoms with Crippen molar-refractivity contribution in [3.8, 4) is 0 Å². The van der Waals surface area contributed by atoms with Crippen LogP contribution < -0.4 is 10.6 Å². The van der Waals surface area contributed by atoms with Gasteiger partial charge in [0.05, 0.1) is 0 Å². The van der Waals surface area contributed by atoms with Gasteiger partial charge in [-0.15, -0.1) is 0 Å². The van der Waals surface area contributed by atoms with Crippen LogP contribution in [0.5, 0.6) is 0 Å². The molecule has 1 aromatic heterocycles. The number of benzene rings is 2. The van der Waals surface area contributed by atoms with Crippen molar-refractivity contribution in [1.82, 2.24) is 9.97 Å². The third-order valence-corrected chi connectivity index (χ3v) is 3.32. The lowest BCUT2D eigenvalue weighted by Gasteiger charge is -2.08. The van der Waals surface area contributed by atoms with E-state index in [0.717, 1.165) is 23.5 Å². The summed E-state index contributed by atoms with van der Waals surface area (Å²) < 4.78 is 12.9. The molecule has 0 saturated heterocycles. The standard InChI is InChI=1S/C18H17FN4/c19-15-8-6-14(7-9-15)10-12-20-17-11-13-21-18(23-17)22-16-4-2-1-3-5-16/h1-9,11,13H,10,12H2,(H2,20,21,22,23). The molecule has 3 aromatic rings. The lowest BCUT2D eigenvalue weighted by atomic mass is 10.1. The molecule has 0 saturated carbocycles. The fraction of sp³-hybridized carbons (Fsp3) is 0.111. The van der Waals surface area contributed by atoms with Crippen LogP contribution in [0.25, 0.3) is 0 Å². The molecule has 0 unspecified atom stereocenters. The summed E-state index contributed by atoms with van der Waals surface area (Å²) in [5, 5.41) is 6.40. The first kappa shape index (κ1) is 15.0. The highest BCUT2D eigenvalue weighted by atomic mass is 19.1. The van der Waals surface area contributed by atoms with Crippen LogP contribution in [0.1, 0.15) is 5.56 Å². The zero-order valence-electron chi connectivity index (χ0n) is 12.5. The Morgan fingerprint density at radius 3 is 2.48 bits per heavy atom. The highest BCUT2D eigenvalue weighted by Crippen LogP contribution is 2.13. The number of nitrogens with zero attached hydrogens (tertiary/aromatic N) is 2. The molecule has 0 spiro atoms. The smallest absolute Gasteiger partial charge is 0.229 e. The summed E-state index contributed by atoms with van der Waals surface area (Å²) in [5.74, 6) is 1.08. The van der Waals surface area contributed by atoms with E-state index in [1.165, 1.54) is 12.1 Å². The first-order valence-electron chi connectivity index (χ1n) is 7.43. The minimum atomic E-state index is -0.214. The molecule has 1 heterocycles. The number of hydrogen-bond acceptors (Lipinski definition) is 4. The molecular weight excluding hydrogens is 291 g/mol. The van der Waals surface area contributed by atoms with E-state index in [1.807, 2.05) is 36.4 Å². The minimum Gasteiger partial charge on any atom is -0.370 e. The number of anilines is 3. The summed E-state index contributed by atoms with van der Waals surface area (Å²) in [7, 11) is 0. The summed E-state index contributed by atoms with van der Waals surface area (Å²) in [6.45, 7) is 0.716. The van der Waals surface area contributed by atoms with E-state index in [4.69, 9.17) is 0 Å². The highest BCUT2D eigenvalue weighted by Gasteiger charge is 2.00. The van der Waals surface area contributed by atoms with Gasteiger partial charge in [0.2, 0.25) is 5.95 Å². The van der Waals surface area contributed by atoms with Gasteiger partial charge in [0.1, 0.15) is 11.6 Å². The topological polar surface area (TPSA) is 49.8 Å². The van der Waals surface area contributed by atoms with Gasteiger partial charge in [-0.1, -0.05) is 30.3 Å². The van der Waals surface area contributed by atoms with Gasteiger partial charge in [-0.3, -0.25) is 0 Å². The van der Waals surface area contributed by atoms with Gasteiger partial charge in [0.15, 0.2) is 0 Å². The fourth-order valence-electron chi connectivity index (χ4n) is 2.15. The van der Waals surface area contributed by atoms with E-state index in [1.54, 1.807) is 18.3 Å². The van der Waals surface area contributed by atoms with E-state index in [-0.39, 0.29) is 5.82 Å². The largest absolute Gasteiger partial charge is 0.370 e. The normalized spacial score (nSPS) is 10.3. The first-order valence-corrected chi connectivity index (χ1v) is 7.43. The number of nitrogens with one attached hydrogen (secondary N) is 2. The third kappa shape index (κ3) is 4.51. The van der Waals surface area contributed by atoms with Crippen LogP contribution in [-0.4, -0.2) is 16.5 Å². The van der Waals surface area contributed by atoms with Crippen molar-refractivity contribution in [3.05, 3.63) is 78.2 Å². The lowest BCUT2D eigenvalue weighted by molar-refractivity contribution is 0.627. The zero-order valence-corrected chi connectivity index (χ0v) is 12.5. The highest BCUT2D eigenvalue weighted by molar-refractivity contribution is 5.54. The van der Waals surface area contributed by atoms with Crippen molar-refractivity contribution in [2.75, 3.05) is 17.2 Å². The van der Waals surface area contributed by atoms with Crippen LogP contribution in [0.4, 0.5) is 21.8 Å². The molecule has 4 nitrogen and oxygen atoms in total. The van der Waals surface area contributed by atoms with Crippen LogP contribution in [0.3, 0.4) is 0 Å². The minimum absolute atomic E-state index is 0.214. The van der Waals surface area contributed by atoms with Gasteiger partial charge >= 0.3 is 0 Å². The molecule has 0 radical (unpaired) electrons. The predicted molar refractivity (Wildman–Crippen MR) is 90.4 cm³/mol. The maximum Gasteiger partial charge on any atom is 0.229 e. The van der Waals surface area contributed by atoms with Crippen molar-refractivity contribution in [2.45, 2.75) is 6.42 Å². The molecule has 0 aliphatic carbocycles. The Balaban J connectivity index is 1.56. The van der Waals surface area contributed by atoms with Gasteiger partial charge in [0.25, 0.3) is 0 Å². The summed E-state index contributed by atoms with van der Waals surface area (Å²) in [5.41, 5.74) is 2.02. The Bertz CT molecular complexity index is 744. The second kappa shape index (κ2) is 7.35. The number of para-hydroxylation sites is 1. The van der Waals surface area contributed by atoms with Crippen LogP contribution in [0, 0.1) is 5.82 Å². The second-order valence-electron chi connectivity index (χ2n) is 5.06. The van der Waals surface area contributed by atoms with Crippen LogP contribution in [0.2, 0.25) is 0 Å². The first-order chi connectivity index (χ1) is 11.3. The Morgan fingerprint density at radius 1 is 0.913 bits per heavy atom. The van der Waals surface area contributed by atoms with E-state index < -0.39 is 0 Å². The monoisotopic (exact) mass is 308 g/mol. The van der Waals surface area contributed by atoms with E-state index >= 15 is 0 Å². The third-order valence-electron chi connectivity index (χ3n) is 3.32. The number of rotatable bonds is 6. The molecule has 0 aliphatic rings. The average molecular weight is 308 g/mol. The molecule has 0 bridgehead atoms. The van der Waals surface area contributed by atoms with E-state index in [0.29, 0.717) is 12.5 Å². The summed E-state index contributed by atoms with van der Waals surface area (Å²) in [6.07, 6.45) is 2.50. The fourth-order valence-corrected chi connectivity index (χ4v) is 2.15. The second-order valence-corrected chi connectivity index (χ2v) is 5.06. The molecule has 3 rings (SSSR count). The maximum absolute atomic E-state index is 12.9.